The molecule has 0 aliphatic heterocycles. The molecule has 0 saturated heterocycles. The Morgan fingerprint density at radius 1 is 0.821 bits per heavy atom. The number of pyridine rings is 3. The van der Waals surface area contributed by atoms with E-state index in [2.05, 4.69) is 56.9 Å². The SMILES string of the molecule is CC.Cn1c(CCc2ccc3cccnc3n2)nc2c3cccnc3ccc21. The van der Waals surface area contributed by atoms with Gasteiger partial charge in [-0.3, -0.25) is 4.98 Å². The van der Waals surface area contributed by atoms with Gasteiger partial charge >= 0.3 is 0 Å². The van der Waals surface area contributed by atoms with Gasteiger partial charge < -0.3 is 4.57 Å². The minimum atomic E-state index is 0.798. The summed E-state index contributed by atoms with van der Waals surface area (Å²) in [6.45, 7) is 4.00. The van der Waals surface area contributed by atoms with Crippen LogP contribution in [0.25, 0.3) is 33.0 Å². The highest BCUT2D eigenvalue weighted by atomic mass is 15.1. The van der Waals surface area contributed by atoms with E-state index in [1.165, 1.54) is 0 Å². The fourth-order valence-electron chi connectivity index (χ4n) is 3.45. The quantitative estimate of drug-likeness (QED) is 0.455. The predicted molar refractivity (Wildman–Crippen MR) is 114 cm³/mol. The van der Waals surface area contributed by atoms with Crippen LogP contribution < -0.4 is 0 Å². The fraction of sp³-hybridized carbons (Fsp3) is 0.217. The van der Waals surface area contributed by atoms with E-state index < -0.39 is 0 Å². The van der Waals surface area contributed by atoms with E-state index in [9.17, 15) is 0 Å². The molecule has 0 N–H and O–H groups in total. The van der Waals surface area contributed by atoms with Gasteiger partial charge in [0.15, 0.2) is 5.65 Å². The molecule has 5 rings (SSSR count). The van der Waals surface area contributed by atoms with Gasteiger partial charge in [-0.05, 0) is 55.0 Å². The zero-order chi connectivity index (χ0) is 19.5. The summed E-state index contributed by atoms with van der Waals surface area (Å²) >= 11 is 0. The summed E-state index contributed by atoms with van der Waals surface area (Å²) in [4.78, 5) is 18.3. The van der Waals surface area contributed by atoms with Crippen LogP contribution in [-0.4, -0.2) is 24.5 Å². The van der Waals surface area contributed by atoms with Crippen LogP contribution in [0.5, 0.6) is 0 Å². The molecule has 5 nitrogen and oxygen atoms in total. The molecule has 140 valence electrons. The van der Waals surface area contributed by atoms with Crippen molar-refractivity contribution in [2.45, 2.75) is 26.7 Å². The van der Waals surface area contributed by atoms with Gasteiger partial charge in [-0.1, -0.05) is 13.8 Å². The van der Waals surface area contributed by atoms with Gasteiger partial charge in [0.2, 0.25) is 0 Å². The highest BCUT2D eigenvalue weighted by molar-refractivity contribution is 6.02. The summed E-state index contributed by atoms with van der Waals surface area (Å²) in [5.41, 5.74) is 4.96. The smallest absolute Gasteiger partial charge is 0.159 e. The van der Waals surface area contributed by atoms with Gasteiger partial charge in [0, 0.05) is 42.3 Å². The molecule has 0 saturated carbocycles. The first-order valence-electron chi connectivity index (χ1n) is 9.69. The van der Waals surface area contributed by atoms with Crippen molar-refractivity contribution in [3.63, 3.8) is 0 Å². The maximum absolute atomic E-state index is 4.90. The third-order valence-corrected chi connectivity index (χ3v) is 4.85. The maximum atomic E-state index is 4.90. The van der Waals surface area contributed by atoms with E-state index in [1.807, 2.05) is 38.2 Å². The van der Waals surface area contributed by atoms with E-state index in [-0.39, 0.29) is 0 Å². The van der Waals surface area contributed by atoms with Crippen molar-refractivity contribution >= 4 is 33.0 Å². The van der Waals surface area contributed by atoms with Gasteiger partial charge in [0.05, 0.1) is 16.6 Å². The average Bonchev–Trinajstić information content (AvgIpc) is 3.09. The first kappa shape index (κ1) is 18.0. The number of fused-ring (bicyclic) bond motifs is 4. The molecule has 4 heterocycles. The van der Waals surface area contributed by atoms with Crippen molar-refractivity contribution in [2.24, 2.45) is 7.05 Å². The summed E-state index contributed by atoms with van der Waals surface area (Å²) in [5, 5.41) is 2.16. The highest BCUT2D eigenvalue weighted by Crippen LogP contribution is 2.24. The molecule has 0 atom stereocenters. The van der Waals surface area contributed by atoms with Gasteiger partial charge in [-0.2, -0.15) is 0 Å². The van der Waals surface area contributed by atoms with Crippen molar-refractivity contribution in [1.82, 2.24) is 24.5 Å². The zero-order valence-corrected chi connectivity index (χ0v) is 16.4. The Hall–Kier alpha value is -3.34. The van der Waals surface area contributed by atoms with Gasteiger partial charge in [-0.25, -0.2) is 15.0 Å². The highest BCUT2D eigenvalue weighted by Gasteiger charge is 2.11. The van der Waals surface area contributed by atoms with Crippen LogP contribution in [0.2, 0.25) is 0 Å². The molecule has 4 aromatic heterocycles. The molecule has 0 spiro atoms. The second-order valence-electron chi connectivity index (χ2n) is 6.44. The van der Waals surface area contributed by atoms with Crippen LogP contribution in [0.4, 0.5) is 0 Å². The number of aromatic nitrogens is 5. The van der Waals surface area contributed by atoms with E-state index >= 15 is 0 Å². The molecule has 28 heavy (non-hydrogen) atoms. The second-order valence-corrected chi connectivity index (χ2v) is 6.44. The monoisotopic (exact) mass is 369 g/mol. The first-order chi connectivity index (χ1) is 13.8. The Balaban J connectivity index is 0.000000932. The number of rotatable bonds is 3. The molecule has 0 fully saturated rings. The molecular weight excluding hydrogens is 346 g/mol. The standard InChI is InChI=1S/C21H17N5.C2H6/c1-26-18-10-9-17-16(5-3-12-22-17)20(18)25-19(26)11-8-15-7-6-14-4-2-13-23-21(14)24-15;1-2/h2-7,9-10,12-13H,8,11H2,1H3;1-2H3. The Morgan fingerprint density at radius 3 is 2.54 bits per heavy atom. The maximum Gasteiger partial charge on any atom is 0.159 e. The number of hydrogen-bond donors (Lipinski definition) is 0. The molecule has 5 aromatic rings. The predicted octanol–water partition coefficient (Wildman–Crippen LogP) is 4.88. The number of nitrogens with zero attached hydrogens (tertiary/aromatic N) is 5. The van der Waals surface area contributed by atoms with Crippen LogP contribution in [0.1, 0.15) is 25.4 Å². The van der Waals surface area contributed by atoms with E-state index in [0.29, 0.717) is 0 Å². The molecule has 0 bridgehead atoms. The van der Waals surface area contributed by atoms with E-state index in [4.69, 9.17) is 4.98 Å². The lowest BCUT2D eigenvalue weighted by Crippen LogP contribution is -2.02. The van der Waals surface area contributed by atoms with E-state index in [0.717, 1.165) is 57.3 Å². The van der Waals surface area contributed by atoms with Crippen molar-refractivity contribution in [2.75, 3.05) is 0 Å². The summed E-state index contributed by atoms with van der Waals surface area (Å²) in [7, 11) is 2.07. The largest absolute Gasteiger partial charge is 0.331 e. The van der Waals surface area contributed by atoms with Crippen molar-refractivity contribution in [1.29, 1.82) is 0 Å². The zero-order valence-electron chi connectivity index (χ0n) is 16.4. The topological polar surface area (TPSA) is 56.5 Å². The van der Waals surface area contributed by atoms with Gasteiger partial charge in [-0.15, -0.1) is 0 Å². The molecule has 1 aromatic carbocycles. The Morgan fingerprint density at radius 2 is 1.64 bits per heavy atom. The lowest BCUT2D eigenvalue weighted by atomic mass is 10.2. The summed E-state index contributed by atoms with van der Waals surface area (Å²) in [5.74, 6) is 1.05. The van der Waals surface area contributed by atoms with Crippen LogP contribution >= 0.6 is 0 Å². The molecule has 0 radical (unpaired) electrons. The van der Waals surface area contributed by atoms with E-state index in [1.54, 1.807) is 6.20 Å². The summed E-state index contributed by atoms with van der Waals surface area (Å²) in [6.07, 6.45) is 5.26. The molecule has 5 heteroatoms. The van der Waals surface area contributed by atoms with Crippen LogP contribution in [-0.2, 0) is 19.9 Å². The number of hydrogen-bond acceptors (Lipinski definition) is 4. The van der Waals surface area contributed by atoms with Crippen molar-refractivity contribution in [3.05, 3.63) is 72.4 Å². The van der Waals surface area contributed by atoms with Crippen LogP contribution in [0, 0.1) is 0 Å². The first-order valence-corrected chi connectivity index (χ1v) is 9.69. The summed E-state index contributed by atoms with van der Waals surface area (Å²) < 4.78 is 2.17. The van der Waals surface area contributed by atoms with Gasteiger partial charge in [0.1, 0.15) is 5.82 Å². The van der Waals surface area contributed by atoms with Crippen LogP contribution in [0.3, 0.4) is 0 Å². The van der Waals surface area contributed by atoms with Crippen molar-refractivity contribution in [3.8, 4) is 0 Å². The lowest BCUT2D eigenvalue weighted by Gasteiger charge is -2.04. The molecule has 0 aliphatic rings. The van der Waals surface area contributed by atoms with Gasteiger partial charge in [0.25, 0.3) is 0 Å². The Bertz CT molecular complexity index is 1260. The summed E-state index contributed by atoms with van der Waals surface area (Å²) in [6, 6.07) is 16.3. The molecular formula is C23H23N5. The fourth-order valence-corrected chi connectivity index (χ4v) is 3.45. The number of benzene rings is 1. The Kier molecular flexibility index (Phi) is 4.98. The second kappa shape index (κ2) is 7.72. The normalized spacial score (nSPS) is 11.0. The molecule has 0 aliphatic carbocycles. The number of imidazole rings is 1. The lowest BCUT2D eigenvalue weighted by molar-refractivity contribution is 0.777. The molecule has 0 unspecified atom stereocenters. The average molecular weight is 369 g/mol. The minimum absolute atomic E-state index is 0.798. The van der Waals surface area contributed by atoms with Crippen molar-refractivity contribution < 1.29 is 0 Å². The third kappa shape index (κ3) is 3.20. The third-order valence-electron chi connectivity index (χ3n) is 4.85. The van der Waals surface area contributed by atoms with Crippen LogP contribution in [0.15, 0.2) is 60.9 Å². The minimum Gasteiger partial charge on any atom is -0.331 e. The Labute approximate surface area is 164 Å². The molecule has 0 amide bonds. The number of aryl methyl sites for hydroxylation is 3.